The predicted molar refractivity (Wildman–Crippen MR) is 61.0 cm³/mol. The molecule has 7 nitrogen and oxygen atoms in total. The lowest BCUT2D eigenvalue weighted by Crippen LogP contribution is -2.31. The fourth-order valence-electron chi connectivity index (χ4n) is 2.26. The molecule has 2 heterocycles. The first-order valence-electron chi connectivity index (χ1n) is 5.96. The molecule has 1 aliphatic heterocycles. The fourth-order valence-corrected chi connectivity index (χ4v) is 2.26. The molecule has 3 atom stereocenters. The summed E-state index contributed by atoms with van der Waals surface area (Å²) in [6.07, 6.45) is 0.456. The van der Waals surface area contributed by atoms with E-state index >= 15 is 0 Å². The van der Waals surface area contributed by atoms with Crippen molar-refractivity contribution < 1.29 is 19.7 Å². The quantitative estimate of drug-likeness (QED) is 0.810. The monoisotopic (exact) mass is 255 g/mol. The number of ether oxygens (including phenoxy) is 1. The minimum absolute atomic E-state index is 0.230. The number of rotatable bonds is 4. The topological polar surface area (TPSA) is 97.5 Å². The summed E-state index contributed by atoms with van der Waals surface area (Å²) < 4.78 is 6.97. The highest BCUT2D eigenvalue weighted by Crippen LogP contribution is 2.30. The van der Waals surface area contributed by atoms with Gasteiger partial charge in [-0.15, -0.1) is 10.2 Å². The maximum absolute atomic E-state index is 11.3. The predicted octanol–water partition coefficient (Wildman–Crippen LogP) is 0.445. The number of aliphatic hydroxyl groups is 1. The van der Waals surface area contributed by atoms with Crippen LogP contribution in [-0.4, -0.2) is 43.7 Å². The van der Waals surface area contributed by atoms with Crippen molar-refractivity contribution in [3.8, 4) is 0 Å². The Morgan fingerprint density at radius 2 is 2.28 bits per heavy atom. The highest BCUT2D eigenvalue weighted by Gasteiger charge is 2.33. The summed E-state index contributed by atoms with van der Waals surface area (Å²) in [5, 5.41) is 26.8. The summed E-state index contributed by atoms with van der Waals surface area (Å²) in [6, 6.07) is -1.08. The molecule has 7 heteroatoms. The van der Waals surface area contributed by atoms with E-state index in [1.165, 1.54) is 11.5 Å². The molecule has 3 unspecified atom stereocenters. The second-order valence-corrected chi connectivity index (χ2v) is 4.50. The maximum atomic E-state index is 11.3. The first kappa shape index (κ1) is 13.0. The molecule has 100 valence electrons. The molecule has 0 amide bonds. The van der Waals surface area contributed by atoms with Crippen LogP contribution in [0.25, 0.3) is 0 Å². The van der Waals surface area contributed by atoms with Crippen LogP contribution in [0.1, 0.15) is 43.6 Å². The molecule has 0 spiro atoms. The normalized spacial score (nSPS) is 22.9. The van der Waals surface area contributed by atoms with Gasteiger partial charge in [0.25, 0.3) is 0 Å². The van der Waals surface area contributed by atoms with E-state index in [1.807, 2.05) is 0 Å². The van der Waals surface area contributed by atoms with Crippen LogP contribution in [0.3, 0.4) is 0 Å². The van der Waals surface area contributed by atoms with Crippen LogP contribution in [0, 0.1) is 6.92 Å². The van der Waals surface area contributed by atoms with Crippen molar-refractivity contribution >= 4 is 5.97 Å². The third-order valence-electron chi connectivity index (χ3n) is 3.10. The van der Waals surface area contributed by atoms with Gasteiger partial charge in [-0.1, -0.05) is 0 Å². The fraction of sp³-hybridized carbons (Fsp3) is 0.727. The molecule has 1 saturated heterocycles. The van der Waals surface area contributed by atoms with E-state index in [9.17, 15) is 15.0 Å². The molecular weight excluding hydrogens is 238 g/mol. The standard InChI is InChI=1S/C11H17N3O4/c1-6(15)9(11(16)17)14-7(2)12-13-10(14)8-4-3-5-18-8/h6,8-9,15H,3-5H2,1-2H3,(H,16,17). The van der Waals surface area contributed by atoms with Gasteiger partial charge in [-0.2, -0.15) is 0 Å². The number of aliphatic hydroxyl groups excluding tert-OH is 1. The average Bonchev–Trinajstić information content (AvgIpc) is 2.88. The van der Waals surface area contributed by atoms with Crippen LogP contribution in [0.2, 0.25) is 0 Å². The Balaban J connectivity index is 2.41. The second kappa shape index (κ2) is 5.03. The maximum Gasteiger partial charge on any atom is 0.329 e. The van der Waals surface area contributed by atoms with E-state index in [4.69, 9.17) is 4.74 Å². The molecule has 0 aromatic carbocycles. The summed E-state index contributed by atoms with van der Waals surface area (Å²) in [5.41, 5.74) is 0. The van der Waals surface area contributed by atoms with E-state index in [0.29, 0.717) is 18.3 Å². The van der Waals surface area contributed by atoms with Crippen LogP contribution < -0.4 is 0 Å². The van der Waals surface area contributed by atoms with Crippen molar-refractivity contribution in [1.29, 1.82) is 0 Å². The number of aromatic nitrogens is 3. The van der Waals surface area contributed by atoms with Gasteiger partial charge in [-0.05, 0) is 26.7 Å². The third kappa shape index (κ3) is 2.23. The molecule has 2 N–H and O–H groups in total. The summed E-state index contributed by atoms with van der Waals surface area (Å²) in [4.78, 5) is 11.3. The summed E-state index contributed by atoms with van der Waals surface area (Å²) in [7, 11) is 0. The van der Waals surface area contributed by atoms with Crippen LogP contribution >= 0.6 is 0 Å². The Morgan fingerprint density at radius 1 is 1.56 bits per heavy atom. The van der Waals surface area contributed by atoms with E-state index in [1.54, 1.807) is 6.92 Å². The van der Waals surface area contributed by atoms with Gasteiger partial charge in [0.15, 0.2) is 11.9 Å². The highest BCUT2D eigenvalue weighted by atomic mass is 16.5. The first-order valence-corrected chi connectivity index (χ1v) is 5.96. The minimum Gasteiger partial charge on any atom is -0.480 e. The zero-order valence-corrected chi connectivity index (χ0v) is 10.4. The zero-order chi connectivity index (χ0) is 13.3. The summed E-state index contributed by atoms with van der Waals surface area (Å²) >= 11 is 0. The van der Waals surface area contributed by atoms with Gasteiger partial charge in [-0.25, -0.2) is 4.79 Å². The molecule has 1 fully saturated rings. The number of aryl methyl sites for hydroxylation is 1. The van der Waals surface area contributed by atoms with E-state index < -0.39 is 18.1 Å². The van der Waals surface area contributed by atoms with Crippen molar-refractivity contribution in [2.24, 2.45) is 0 Å². The number of hydrogen-bond donors (Lipinski definition) is 2. The van der Waals surface area contributed by atoms with Crippen LogP contribution in [0.4, 0.5) is 0 Å². The average molecular weight is 255 g/mol. The number of carbonyl (C=O) groups is 1. The molecule has 0 aliphatic carbocycles. The van der Waals surface area contributed by atoms with Crippen LogP contribution in [0.15, 0.2) is 0 Å². The van der Waals surface area contributed by atoms with Crippen molar-refractivity contribution in [3.63, 3.8) is 0 Å². The molecular formula is C11H17N3O4. The first-order chi connectivity index (χ1) is 8.52. The number of carboxylic acids is 1. The summed E-state index contributed by atoms with van der Waals surface area (Å²) in [6.45, 7) is 3.75. The lowest BCUT2D eigenvalue weighted by Gasteiger charge is -2.21. The number of aliphatic carboxylic acids is 1. The van der Waals surface area contributed by atoms with Gasteiger partial charge in [-0.3, -0.25) is 4.57 Å². The van der Waals surface area contributed by atoms with Gasteiger partial charge < -0.3 is 14.9 Å². The Bertz CT molecular complexity index is 437. The lowest BCUT2D eigenvalue weighted by atomic mass is 10.1. The number of hydrogen-bond acceptors (Lipinski definition) is 5. The van der Waals surface area contributed by atoms with Crippen molar-refractivity contribution in [1.82, 2.24) is 14.8 Å². The molecule has 0 saturated carbocycles. The van der Waals surface area contributed by atoms with Gasteiger partial charge in [0.2, 0.25) is 0 Å². The molecule has 2 rings (SSSR count). The smallest absolute Gasteiger partial charge is 0.329 e. The van der Waals surface area contributed by atoms with Crippen molar-refractivity contribution in [2.75, 3.05) is 6.61 Å². The van der Waals surface area contributed by atoms with Crippen molar-refractivity contribution in [2.45, 2.75) is 44.9 Å². The molecule has 18 heavy (non-hydrogen) atoms. The molecule has 1 aromatic rings. The Morgan fingerprint density at radius 3 is 2.78 bits per heavy atom. The number of carboxylic acid groups (broad SMARTS) is 1. The summed E-state index contributed by atoms with van der Waals surface area (Å²) in [5.74, 6) is -0.153. The van der Waals surface area contributed by atoms with E-state index in [-0.39, 0.29) is 6.10 Å². The molecule has 1 aliphatic rings. The Hall–Kier alpha value is -1.47. The Labute approximate surface area is 104 Å². The minimum atomic E-state index is -1.10. The van der Waals surface area contributed by atoms with E-state index in [0.717, 1.165) is 12.8 Å². The van der Waals surface area contributed by atoms with Crippen molar-refractivity contribution in [3.05, 3.63) is 11.6 Å². The van der Waals surface area contributed by atoms with Gasteiger partial charge >= 0.3 is 5.97 Å². The highest BCUT2D eigenvalue weighted by molar-refractivity contribution is 5.72. The zero-order valence-electron chi connectivity index (χ0n) is 10.4. The third-order valence-corrected chi connectivity index (χ3v) is 3.10. The van der Waals surface area contributed by atoms with Crippen LogP contribution in [0.5, 0.6) is 0 Å². The van der Waals surface area contributed by atoms with Gasteiger partial charge in [0.05, 0.1) is 6.10 Å². The molecule has 0 bridgehead atoms. The Kier molecular flexibility index (Phi) is 3.63. The molecule has 1 aromatic heterocycles. The van der Waals surface area contributed by atoms with Gasteiger partial charge in [0.1, 0.15) is 11.9 Å². The second-order valence-electron chi connectivity index (χ2n) is 4.50. The van der Waals surface area contributed by atoms with Gasteiger partial charge in [0, 0.05) is 6.61 Å². The SMILES string of the molecule is Cc1nnc(C2CCCO2)n1C(C(=O)O)C(C)O. The number of nitrogens with zero attached hydrogens (tertiary/aromatic N) is 3. The van der Waals surface area contributed by atoms with E-state index in [2.05, 4.69) is 10.2 Å². The lowest BCUT2D eigenvalue weighted by molar-refractivity contribution is -0.144. The molecule has 0 radical (unpaired) electrons. The van der Waals surface area contributed by atoms with Crippen LogP contribution in [-0.2, 0) is 9.53 Å². The largest absolute Gasteiger partial charge is 0.480 e.